The number of hydrogen-bond donors (Lipinski definition) is 0. The van der Waals surface area contributed by atoms with Crippen LogP contribution in [0.1, 0.15) is 10.4 Å². The largest absolute Gasteiger partial charge is 0.494 e. The first-order chi connectivity index (χ1) is 5.65. The molecule has 0 aliphatic carbocycles. The highest BCUT2D eigenvalue weighted by Gasteiger charge is 2.10. The molecule has 0 bridgehead atoms. The van der Waals surface area contributed by atoms with E-state index in [1.807, 2.05) is 0 Å². The molecule has 5 heteroatoms. The smallest absolute Gasteiger partial charge is 0.256 e. The molecule has 0 atom stereocenters. The Morgan fingerprint density at radius 3 is 2.83 bits per heavy atom. The van der Waals surface area contributed by atoms with E-state index in [0.717, 1.165) is 0 Å². The van der Waals surface area contributed by atoms with Gasteiger partial charge in [0.15, 0.2) is 0 Å². The number of pyridine rings is 1. The van der Waals surface area contributed by atoms with Crippen molar-refractivity contribution in [2.75, 3.05) is 7.11 Å². The zero-order valence-electron chi connectivity index (χ0n) is 6.17. The minimum Gasteiger partial charge on any atom is -0.494 e. The van der Waals surface area contributed by atoms with Crippen molar-refractivity contribution in [3.63, 3.8) is 0 Å². The lowest BCUT2D eigenvalue weighted by Gasteiger charge is -2.02. The van der Waals surface area contributed by atoms with Crippen molar-refractivity contribution in [1.82, 2.24) is 4.98 Å². The SMILES string of the molecule is COc1cnc(Cl)cc1C(=O)Cl. The highest BCUT2D eigenvalue weighted by atomic mass is 35.5. The Balaban J connectivity index is 3.21. The fraction of sp³-hybridized carbons (Fsp3) is 0.143. The summed E-state index contributed by atoms with van der Waals surface area (Å²) in [4.78, 5) is 14.5. The van der Waals surface area contributed by atoms with E-state index in [-0.39, 0.29) is 10.7 Å². The number of carbonyl (C=O) groups is 1. The van der Waals surface area contributed by atoms with Gasteiger partial charge >= 0.3 is 0 Å². The van der Waals surface area contributed by atoms with Gasteiger partial charge in [-0.3, -0.25) is 4.79 Å². The lowest BCUT2D eigenvalue weighted by molar-refractivity contribution is 0.107. The molecule has 0 spiro atoms. The van der Waals surface area contributed by atoms with Crippen molar-refractivity contribution >= 4 is 28.4 Å². The van der Waals surface area contributed by atoms with Gasteiger partial charge in [0.1, 0.15) is 10.9 Å². The third kappa shape index (κ3) is 1.87. The van der Waals surface area contributed by atoms with Gasteiger partial charge in [-0.25, -0.2) is 4.98 Å². The fourth-order valence-electron chi connectivity index (χ4n) is 0.734. The minimum absolute atomic E-state index is 0.208. The number of methoxy groups -OCH3 is 1. The van der Waals surface area contributed by atoms with Crippen molar-refractivity contribution in [3.8, 4) is 5.75 Å². The maximum absolute atomic E-state index is 10.8. The number of nitrogens with zero attached hydrogens (tertiary/aromatic N) is 1. The number of hydrogen-bond acceptors (Lipinski definition) is 3. The number of halogens is 2. The van der Waals surface area contributed by atoms with Gasteiger partial charge in [0.05, 0.1) is 18.9 Å². The summed E-state index contributed by atoms with van der Waals surface area (Å²) in [6.45, 7) is 0. The molecule has 1 aromatic heterocycles. The second-order valence-electron chi connectivity index (χ2n) is 1.98. The first-order valence-electron chi connectivity index (χ1n) is 3.04. The summed E-state index contributed by atoms with van der Waals surface area (Å²) in [7, 11) is 1.42. The quantitative estimate of drug-likeness (QED) is 0.549. The normalized spacial score (nSPS) is 9.58. The number of aromatic nitrogens is 1. The Bertz CT molecular complexity index is 314. The molecule has 0 aromatic carbocycles. The molecule has 64 valence electrons. The van der Waals surface area contributed by atoms with E-state index in [1.165, 1.54) is 19.4 Å². The van der Waals surface area contributed by atoms with Crippen molar-refractivity contribution in [2.24, 2.45) is 0 Å². The van der Waals surface area contributed by atoms with Gasteiger partial charge < -0.3 is 4.74 Å². The third-order valence-electron chi connectivity index (χ3n) is 1.27. The van der Waals surface area contributed by atoms with Crippen LogP contribution in [-0.2, 0) is 0 Å². The average molecular weight is 206 g/mol. The predicted octanol–water partition coefficient (Wildman–Crippen LogP) is 2.12. The Hall–Kier alpha value is -0.800. The summed E-state index contributed by atoms with van der Waals surface area (Å²) in [5.74, 6) is 0.319. The average Bonchev–Trinajstić information content (AvgIpc) is 2.04. The van der Waals surface area contributed by atoms with Gasteiger partial charge in [-0.2, -0.15) is 0 Å². The molecule has 0 fully saturated rings. The third-order valence-corrected chi connectivity index (χ3v) is 1.68. The molecule has 0 aliphatic rings. The molecule has 0 unspecified atom stereocenters. The van der Waals surface area contributed by atoms with Crippen molar-refractivity contribution in [3.05, 3.63) is 23.0 Å². The van der Waals surface area contributed by atoms with E-state index in [1.54, 1.807) is 0 Å². The van der Waals surface area contributed by atoms with Crippen LogP contribution in [0, 0.1) is 0 Å². The Kier molecular flexibility index (Phi) is 2.89. The maximum atomic E-state index is 10.8. The van der Waals surface area contributed by atoms with Gasteiger partial charge in [-0.05, 0) is 17.7 Å². The van der Waals surface area contributed by atoms with Gasteiger partial charge in [-0.15, -0.1) is 0 Å². The molecular formula is C7H5Cl2NO2. The molecule has 3 nitrogen and oxygen atoms in total. The van der Waals surface area contributed by atoms with Gasteiger partial charge in [0.2, 0.25) is 0 Å². The van der Waals surface area contributed by atoms with E-state index < -0.39 is 5.24 Å². The topological polar surface area (TPSA) is 39.2 Å². The van der Waals surface area contributed by atoms with Gasteiger partial charge in [0.25, 0.3) is 5.24 Å². The first kappa shape index (κ1) is 9.29. The zero-order chi connectivity index (χ0) is 9.14. The number of ether oxygens (including phenoxy) is 1. The van der Waals surface area contributed by atoms with Crippen LogP contribution in [0.2, 0.25) is 5.15 Å². The Morgan fingerprint density at radius 1 is 1.67 bits per heavy atom. The van der Waals surface area contributed by atoms with E-state index in [2.05, 4.69) is 4.98 Å². The van der Waals surface area contributed by atoms with E-state index in [0.29, 0.717) is 5.75 Å². The van der Waals surface area contributed by atoms with Crippen LogP contribution in [0.4, 0.5) is 0 Å². The van der Waals surface area contributed by atoms with Crippen LogP contribution < -0.4 is 4.74 Å². The second kappa shape index (κ2) is 3.74. The zero-order valence-corrected chi connectivity index (χ0v) is 7.69. The van der Waals surface area contributed by atoms with E-state index >= 15 is 0 Å². The van der Waals surface area contributed by atoms with Crippen LogP contribution in [0.3, 0.4) is 0 Å². The van der Waals surface area contributed by atoms with E-state index in [4.69, 9.17) is 27.9 Å². The Morgan fingerprint density at radius 2 is 2.33 bits per heavy atom. The molecule has 1 aromatic rings. The lowest BCUT2D eigenvalue weighted by atomic mass is 10.3. The molecule has 0 saturated carbocycles. The summed E-state index contributed by atoms with van der Waals surface area (Å²) in [5.41, 5.74) is 0.221. The van der Waals surface area contributed by atoms with Gasteiger partial charge in [0, 0.05) is 0 Å². The standard InChI is InChI=1S/C7H5Cl2NO2/c1-12-5-3-10-6(8)2-4(5)7(9)11/h2-3H,1H3. The second-order valence-corrected chi connectivity index (χ2v) is 2.71. The molecule has 12 heavy (non-hydrogen) atoms. The highest BCUT2D eigenvalue weighted by Crippen LogP contribution is 2.21. The van der Waals surface area contributed by atoms with Crippen LogP contribution in [0.5, 0.6) is 5.75 Å². The van der Waals surface area contributed by atoms with Crippen molar-refractivity contribution < 1.29 is 9.53 Å². The Labute approximate surface area is 79.3 Å². The maximum Gasteiger partial charge on any atom is 0.256 e. The van der Waals surface area contributed by atoms with Gasteiger partial charge in [-0.1, -0.05) is 11.6 Å². The van der Waals surface area contributed by atoms with E-state index in [9.17, 15) is 4.79 Å². The molecule has 0 radical (unpaired) electrons. The monoisotopic (exact) mass is 205 g/mol. The van der Waals surface area contributed by atoms with Crippen LogP contribution in [0.15, 0.2) is 12.3 Å². The number of carbonyl (C=O) groups excluding carboxylic acids is 1. The van der Waals surface area contributed by atoms with Crippen molar-refractivity contribution in [2.45, 2.75) is 0 Å². The summed E-state index contributed by atoms with van der Waals surface area (Å²) >= 11 is 10.8. The van der Waals surface area contributed by atoms with Crippen LogP contribution in [0.25, 0.3) is 0 Å². The minimum atomic E-state index is -0.615. The molecule has 0 aliphatic heterocycles. The molecule has 0 amide bonds. The molecule has 0 saturated heterocycles. The summed E-state index contributed by atoms with van der Waals surface area (Å²) in [5, 5.41) is -0.407. The number of rotatable bonds is 2. The first-order valence-corrected chi connectivity index (χ1v) is 3.80. The lowest BCUT2D eigenvalue weighted by Crippen LogP contribution is -1.96. The highest BCUT2D eigenvalue weighted by molar-refractivity contribution is 6.68. The molecule has 0 N–H and O–H groups in total. The van der Waals surface area contributed by atoms with Crippen LogP contribution in [-0.4, -0.2) is 17.3 Å². The van der Waals surface area contributed by atoms with Crippen LogP contribution >= 0.6 is 23.2 Å². The van der Waals surface area contributed by atoms with Crippen molar-refractivity contribution in [1.29, 1.82) is 0 Å². The molecular weight excluding hydrogens is 201 g/mol. The summed E-state index contributed by atoms with van der Waals surface area (Å²) in [6, 6.07) is 1.36. The fourth-order valence-corrected chi connectivity index (χ4v) is 1.04. The molecule has 1 heterocycles. The predicted molar refractivity (Wildman–Crippen MR) is 46.0 cm³/mol. The molecule has 1 rings (SSSR count). The summed E-state index contributed by atoms with van der Waals surface area (Å²) < 4.78 is 4.84. The summed E-state index contributed by atoms with van der Waals surface area (Å²) in [6.07, 6.45) is 1.35.